The lowest BCUT2D eigenvalue weighted by atomic mass is 9.95. The number of benzene rings is 1. The summed E-state index contributed by atoms with van der Waals surface area (Å²) in [5, 5.41) is 11.6. The van der Waals surface area contributed by atoms with Crippen molar-refractivity contribution < 1.29 is 9.59 Å². The molecule has 2 N–H and O–H groups in total. The average Bonchev–Trinajstić information content (AvgIpc) is 3.51. The molecule has 1 aromatic carbocycles. The molecule has 3 aromatic heterocycles. The lowest BCUT2D eigenvalue weighted by Crippen LogP contribution is -2.43. The van der Waals surface area contributed by atoms with Crippen molar-refractivity contribution in [1.82, 2.24) is 30.0 Å². The van der Waals surface area contributed by atoms with Gasteiger partial charge >= 0.3 is 0 Å². The fourth-order valence-corrected chi connectivity index (χ4v) is 6.29. The normalized spacial score (nSPS) is 15.5. The van der Waals surface area contributed by atoms with E-state index in [1.54, 1.807) is 6.20 Å². The first kappa shape index (κ1) is 24.4. The summed E-state index contributed by atoms with van der Waals surface area (Å²) in [5.41, 5.74) is 6.39. The zero-order chi connectivity index (χ0) is 26.2. The molecule has 1 aliphatic heterocycles. The second-order valence-electron chi connectivity index (χ2n) is 9.90. The number of nitrogens with one attached hydrogen (secondary N) is 2. The van der Waals surface area contributed by atoms with Gasteiger partial charge in [-0.3, -0.25) is 14.6 Å². The van der Waals surface area contributed by atoms with Crippen molar-refractivity contribution in [1.29, 1.82) is 0 Å². The number of thiazole rings is 1. The number of aryl methyl sites for hydroxylation is 1. The molecule has 0 radical (unpaired) electrons. The molecule has 1 fully saturated rings. The Morgan fingerprint density at radius 3 is 2.58 bits per heavy atom. The third kappa shape index (κ3) is 4.72. The molecule has 6 rings (SSSR count). The molecule has 4 heterocycles. The van der Waals surface area contributed by atoms with Gasteiger partial charge in [-0.15, -0.1) is 0 Å². The van der Waals surface area contributed by atoms with Crippen LogP contribution >= 0.6 is 11.3 Å². The Morgan fingerprint density at radius 1 is 1.08 bits per heavy atom. The summed E-state index contributed by atoms with van der Waals surface area (Å²) < 4.78 is 1.93. The monoisotopic (exact) mass is 527 g/mol. The van der Waals surface area contributed by atoms with Crippen LogP contribution in [0.25, 0.3) is 27.5 Å². The Labute approximate surface area is 224 Å². The summed E-state index contributed by atoms with van der Waals surface area (Å²) in [6.45, 7) is 3.48. The van der Waals surface area contributed by atoms with E-state index in [9.17, 15) is 9.59 Å². The van der Waals surface area contributed by atoms with Gasteiger partial charge in [0.1, 0.15) is 0 Å². The van der Waals surface area contributed by atoms with Gasteiger partial charge in [-0.2, -0.15) is 5.10 Å². The largest absolute Gasteiger partial charge is 0.349 e. The minimum atomic E-state index is -0.144. The van der Waals surface area contributed by atoms with Gasteiger partial charge in [-0.1, -0.05) is 11.3 Å². The van der Waals surface area contributed by atoms with Crippen LogP contribution in [0.4, 0.5) is 5.13 Å². The fourth-order valence-electron chi connectivity index (χ4n) is 5.17. The highest BCUT2D eigenvalue weighted by Gasteiger charge is 2.30. The van der Waals surface area contributed by atoms with Gasteiger partial charge in [0.25, 0.3) is 5.91 Å². The van der Waals surface area contributed by atoms with Crippen molar-refractivity contribution in [2.24, 2.45) is 0 Å². The van der Waals surface area contributed by atoms with Crippen molar-refractivity contribution >= 4 is 28.3 Å². The summed E-state index contributed by atoms with van der Waals surface area (Å²) in [6, 6.07) is 11.7. The topological polar surface area (TPSA) is 105 Å². The summed E-state index contributed by atoms with van der Waals surface area (Å²) >= 11 is 1.46. The average molecular weight is 528 g/mol. The molecule has 38 heavy (non-hydrogen) atoms. The van der Waals surface area contributed by atoms with E-state index >= 15 is 0 Å². The summed E-state index contributed by atoms with van der Waals surface area (Å²) in [7, 11) is 2.11. The van der Waals surface area contributed by atoms with Crippen molar-refractivity contribution in [3.63, 3.8) is 0 Å². The van der Waals surface area contributed by atoms with Crippen molar-refractivity contribution in [2.45, 2.75) is 38.6 Å². The Hall–Kier alpha value is -3.89. The van der Waals surface area contributed by atoms with E-state index in [4.69, 9.17) is 5.10 Å². The highest BCUT2D eigenvalue weighted by atomic mass is 32.1. The molecule has 9 nitrogen and oxygen atoms in total. The number of rotatable bonds is 5. The molecule has 4 aromatic rings. The standard InChI is InChI=1S/C28H29N7O2S/c1-17(36)30-28-32-23-10-9-22-24(19-4-3-13-29-16-19)33-35(25(22)26(23)38-28)21-7-5-18(6-8-21)27(37)31-20-11-14-34(2)15-12-20/h3-8,13,16,20H,9-12,14-15H2,1-2H3,(H,31,37)(H,30,32,36). The molecule has 10 heteroatoms. The van der Waals surface area contributed by atoms with Crippen LogP contribution in [0.2, 0.25) is 0 Å². The van der Waals surface area contributed by atoms with Crippen LogP contribution in [0, 0.1) is 0 Å². The number of nitrogens with zero attached hydrogens (tertiary/aromatic N) is 5. The van der Waals surface area contributed by atoms with Crippen LogP contribution in [-0.4, -0.2) is 62.6 Å². The number of anilines is 1. The molecule has 0 bridgehead atoms. The van der Waals surface area contributed by atoms with Gasteiger partial charge in [0.15, 0.2) is 5.13 Å². The van der Waals surface area contributed by atoms with E-state index in [0.717, 1.165) is 77.5 Å². The zero-order valence-electron chi connectivity index (χ0n) is 21.4. The van der Waals surface area contributed by atoms with Crippen LogP contribution in [0.5, 0.6) is 0 Å². The SMILES string of the molecule is CC(=O)Nc1nc2c(s1)-c1c(c(-c3cccnc3)nn1-c1ccc(C(=O)NC3CCN(C)CC3)cc1)CC2. The minimum absolute atomic E-state index is 0.0469. The van der Waals surface area contributed by atoms with Gasteiger partial charge in [0.05, 0.1) is 27.6 Å². The van der Waals surface area contributed by atoms with Crippen molar-refractivity contribution in [3.05, 3.63) is 65.6 Å². The van der Waals surface area contributed by atoms with E-state index in [0.29, 0.717) is 10.7 Å². The summed E-state index contributed by atoms with van der Waals surface area (Å²) in [5.74, 6) is -0.190. The van der Waals surface area contributed by atoms with Crippen LogP contribution in [0.15, 0.2) is 48.8 Å². The van der Waals surface area contributed by atoms with E-state index in [2.05, 4.69) is 32.5 Å². The highest BCUT2D eigenvalue weighted by Crippen LogP contribution is 2.44. The highest BCUT2D eigenvalue weighted by molar-refractivity contribution is 7.19. The fraction of sp³-hybridized carbons (Fsp3) is 0.321. The third-order valence-corrected chi connectivity index (χ3v) is 8.17. The molecule has 0 atom stereocenters. The second-order valence-corrected chi connectivity index (χ2v) is 10.9. The Bertz CT molecular complexity index is 1490. The summed E-state index contributed by atoms with van der Waals surface area (Å²) in [6.07, 6.45) is 7.07. The number of carbonyl (C=O) groups excluding carboxylic acids is 2. The van der Waals surface area contributed by atoms with Crippen LogP contribution in [0.1, 0.15) is 41.4 Å². The molecule has 194 valence electrons. The lowest BCUT2D eigenvalue weighted by Gasteiger charge is -2.29. The number of fused-ring (bicyclic) bond motifs is 3. The molecule has 0 spiro atoms. The van der Waals surface area contributed by atoms with Gasteiger partial charge in [0, 0.05) is 42.0 Å². The molecule has 0 saturated carbocycles. The van der Waals surface area contributed by atoms with E-state index < -0.39 is 0 Å². The number of amides is 2. The van der Waals surface area contributed by atoms with Crippen LogP contribution < -0.4 is 10.6 Å². The van der Waals surface area contributed by atoms with Crippen LogP contribution in [0.3, 0.4) is 0 Å². The van der Waals surface area contributed by atoms with Gasteiger partial charge < -0.3 is 15.5 Å². The predicted molar refractivity (Wildman–Crippen MR) is 148 cm³/mol. The molecular formula is C28H29N7O2S. The van der Waals surface area contributed by atoms with E-state index in [1.165, 1.54) is 18.3 Å². The van der Waals surface area contributed by atoms with Crippen molar-refractivity contribution in [3.8, 4) is 27.5 Å². The number of carbonyl (C=O) groups is 2. The number of pyridine rings is 1. The first-order valence-corrected chi connectivity index (χ1v) is 13.7. The predicted octanol–water partition coefficient (Wildman–Crippen LogP) is 3.94. The third-order valence-electron chi connectivity index (χ3n) is 7.15. The number of hydrogen-bond donors (Lipinski definition) is 2. The Balaban J connectivity index is 1.36. The van der Waals surface area contributed by atoms with Gasteiger partial charge in [-0.25, -0.2) is 9.67 Å². The van der Waals surface area contributed by atoms with Gasteiger partial charge in [-0.05, 0) is 82.2 Å². The maximum Gasteiger partial charge on any atom is 0.251 e. The first-order valence-electron chi connectivity index (χ1n) is 12.9. The number of likely N-dealkylation sites (tertiary alicyclic amines) is 1. The number of hydrogen-bond acceptors (Lipinski definition) is 7. The second kappa shape index (κ2) is 10.1. The first-order chi connectivity index (χ1) is 18.5. The molecule has 1 aliphatic carbocycles. The smallest absolute Gasteiger partial charge is 0.251 e. The Morgan fingerprint density at radius 2 is 1.87 bits per heavy atom. The quantitative estimate of drug-likeness (QED) is 0.407. The molecular weight excluding hydrogens is 498 g/mol. The molecule has 1 saturated heterocycles. The van der Waals surface area contributed by atoms with E-state index in [-0.39, 0.29) is 17.9 Å². The molecule has 0 unspecified atom stereocenters. The number of piperidine rings is 1. The Kier molecular flexibility index (Phi) is 6.50. The molecule has 2 amide bonds. The maximum atomic E-state index is 12.9. The zero-order valence-corrected chi connectivity index (χ0v) is 22.2. The number of aromatic nitrogens is 4. The van der Waals surface area contributed by atoms with E-state index in [1.807, 2.05) is 47.3 Å². The van der Waals surface area contributed by atoms with Crippen molar-refractivity contribution in [2.75, 3.05) is 25.5 Å². The van der Waals surface area contributed by atoms with Crippen LogP contribution in [-0.2, 0) is 17.6 Å². The maximum absolute atomic E-state index is 12.9. The lowest BCUT2D eigenvalue weighted by molar-refractivity contribution is -0.114. The minimum Gasteiger partial charge on any atom is -0.349 e. The van der Waals surface area contributed by atoms with Gasteiger partial charge in [0.2, 0.25) is 5.91 Å². The summed E-state index contributed by atoms with van der Waals surface area (Å²) in [4.78, 5) is 36.9. The molecule has 2 aliphatic rings.